The number of esters is 1. The van der Waals surface area contributed by atoms with Crippen molar-refractivity contribution in [1.29, 1.82) is 0 Å². The number of carbonyl (C=O) groups excluding carboxylic acids is 2. The van der Waals surface area contributed by atoms with Gasteiger partial charge in [0.25, 0.3) is 5.91 Å². The number of rotatable bonds is 4. The van der Waals surface area contributed by atoms with Crippen LogP contribution in [0.5, 0.6) is 5.75 Å². The molecule has 1 atom stereocenters. The average molecular weight is 333 g/mol. The Bertz CT molecular complexity index is 779. The number of cyclic esters (lactones) is 1. The number of halogens is 2. The number of nitrogens with one attached hydrogen (secondary N) is 1. The molecule has 1 aliphatic heterocycles. The minimum atomic E-state index is -3.01. The number of carbonyl (C=O) groups is 2. The fourth-order valence-electron chi connectivity index (χ4n) is 2.46. The Balaban J connectivity index is 1.76. The summed E-state index contributed by atoms with van der Waals surface area (Å²) in [6.07, 6.45) is -0.821. The van der Waals surface area contributed by atoms with Crippen LogP contribution in [-0.4, -0.2) is 24.6 Å². The summed E-state index contributed by atoms with van der Waals surface area (Å²) in [5.74, 6) is -1.36. The van der Waals surface area contributed by atoms with E-state index in [1.807, 2.05) is 0 Å². The molecular formula is C17H13F2NO4. The van der Waals surface area contributed by atoms with E-state index in [0.29, 0.717) is 11.1 Å². The highest BCUT2D eigenvalue weighted by molar-refractivity contribution is 6.00. The highest BCUT2D eigenvalue weighted by Gasteiger charge is 2.31. The lowest BCUT2D eigenvalue weighted by Gasteiger charge is -2.24. The summed E-state index contributed by atoms with van der Waals surface area (Å²) < 4.78 is 34.3. The van der Waals surface area contributed by atoms with Gasteiger partial charge in [-0.25, -0.2) is 4.79 Å². The van der Waals surface area contributed by atoms with Gasteiger partial charge in [-0.3, -0.25) is 4.79 Å². The van der Waals surface area contributed by atoms with Gasteiger partial charge in [0.2, 0.25) is 0 Å². The quantitative estimate of drug-likeness (QED) is 0.874. The van der Waals surface area contributed by atoms with Gasteiger partial charge in [-0.2, -0.15) is 8.78 Å². The molecule has 0 saturated heterocycles. The zero-order valence-electron chi connectivity index (χ0n) is 12.4. The standard InChI is InChI=1S/C17H13F2NO4/c18-17(19)24-13-8-4-3-7-12(13)20-15(21)14-9-10-5-1-2-6-11(10)16(22)23-14/h1-8,14,17H,9H2,(H,20,21). The molecule has 1 amide bonds. The summed E-state index contributed by atoms with van der Waals surface area (Å²) in [5, 5.41) is 2.46. The molecule has 0 radical (unpaired) electrons. The van der Waals surface area contributed by atoms with Crippen LogP contribution in [0.3, 0.4) is 0 Å². The first-order chi connectivity index (χ1) is 11.5. The molecule has 0 bridgehead atoms. The van der Waals surface area contributed by atoms with Crippen molar-refractivity contribution >= 4 is 17.6 Å². The van der Waals surface area contributed by atoms with Crippen molar-refractivity contribution in [3.05, 3.63) is 59.7 Å². The Morgan fingerprint density at radius 3 is 2.67 bits per heavy atom. The zero-order chi connectivity index (χ0) is 17.1. The molecule has 0 aromatic heterocycles. The van der Waals surface area contributed by atoms with Crippen molar-refractivity contribution in [3.63, 3.8) is 0 Å². The number of benzene rings is 2. The molecular weight excluding hydrogens is 320 g/mol. The fraction of sp³-hybridized carbons (Fsp3) is 0.176. The largest absolute Gasteiger partial charge is 0.448 e. The lowest BCUT2D eigenvalue weighted by Crippen LogP contribution is -2.38. The summed E-state index contributed by atoms with van der Waals surface area (Å²) in [6, 6.07) is 12.6. The first kappa shape index (κ1) is 15.9. The molecule has 3 rings (SSSR count). The normalized spacial score (nSPS) is 16.3. The van der Waals surface area contributed by atoms with E-state index in [9.17, 15) is 18.4 Å². The molecule has 0 fully saturated rings. The molecule has 2 aromatic rings. The molecule has 0 aliphatic carbocycles. The number of hydrogen-bond donors (Lipinski definition) is 1. The Morgan fingerprint density at radius 1 is 1.17 bits per heavy atom. The highest BCUT2D eigenvalue weighted by atomic mass is 19.3. The third kappa shape index (κ3) is 3.34. The number of anilines is 1. The maximum atomic E-state index is 12.4. The van der Waals surface area contributed by atoms with Gasteiger partial charge in [-0.05, 0) is 23.8 Å². The van der Waals surface area contributed by atoms with E-state index in [-0.39, 0.29) is 17.9 Å². The van der Waals surface area contributed by atoms with Gasteiger partial charge in [0.15, 0.2) is 6.10 Å². The van der Waals surface area contributed by atoms with Crippen molar-refractivity contribution in [2.24, 2.45) is 0 Å². The van der Waals surface area contributed by atoms with Gasteiger partial charge in [-0.15, -0.1) is 0 Å². The number of amides is 1. The van der Waals surface area contributed by atoms with Crippen LogP contribution >= 0.6 is 0 Å². The molecule has 2 aromatic carbocycles. The summed E-state index contributed by atoms with van der Waals surface area (Å²) in [6.45, 7) is -3.01. The maximum Gasteiger partial charge on any atom is 0.387 e. The van der Waals surface area contributed by atoms with Crippen LogP contribution in [0.1, 0.15) is 15.9 Å². The molecule has 7 heteroatoms. The summed E-state index contributed by atoms with van der Waals surface area (Å²) in [7, 11) is 0. The second kappa shape index (κ2) is 6.66. The van der Waals surface area contributed by atoms with Gasteiger partial charge in [0.1, 0.15) is 5.75 Å². The lowest BCUT2D eigenvalue weighted by atomic mass is 9.98. The molecule has 1 N–H and O–H groups in total. The van der Waals surface area contributed by atoms with Crippen LogP contribution in [0.4, 0.5) is 14.5 Å². The van der Waals surface area contributed by atoms with E-state index in [0.717, 1.165) is 0 Å². The summed E-state index contributed by atoms with van der Waals surface area (Å²) in [5.41, 5.74) is 1.20. The monoisotopic (exact) mass is 333 g/mol. The van der Waals surface area contributed by atoms with Gasteiger partial charge in [-0.1, -0.05) is 30.3 Å². The topological polar surface area (TPSA) is 64.6 Å². The van der Waals surface area contributed by atoms with E-state index in [2.05, 4.69) is 10.1 Å². The number of hydrogen-bond acceptors (Lipinski definition) is 4. The smallest absolute Gasteiger partial charge is 0.387 e. The SMILES string of the molecule is O=C1OC(C(=O)Nc2ccccc2OC(F)F)Cc2ccccc21. The first-order valence-corrected chi connectivity index (χ1v) is 7.18. The molecule has 1 unspecified atom stereocenters. The number of alkyl halides is 2. The third-order valence-electron chi connectivity index (χ3n) is 3.55. The zero-order valence-corrected chi connectivity index (χ0v) is 12.4. The highest BCUT2D eigenvalue weighted by Crippen LogP contribution is 2.27. The Morgan fingerprint density at radius 2 is 1.88 bits per heavy atom. The molecule has 0 saturated carbocycles. The Labute approximate surface area is 136 Å². The first-order valence-electron chi connectivity index (χ1n) is 7.18. The van der Waals surface area contributed by atoms with Crippen LogP contribution in [0.15, 0.2) is 48.5 Å². The van der Waals surface area contributed by atoms with Crippen LogP contribution in [-0.2, 0) is 16.0 Å². The van der Waals surface area contributed by atoms with Crippen LogP contribution < -0.4 is 10.1 Å². The van der Waals surface area contributed by atoms with Gasteiger partial charge in [0.05, 0.1) is 11.3 Å². The molecule has 1 heterocycles. The molecule has 0 spiro atoms. The van der Waals surface area contributed by atoms with Crippen LogP contribution in [0, 0.1) is 0 Å². The van der Waals surface area contributed by atoms with Crippen molar-refractivity contribution in [3.8, 4) is 5.75 Å². The van der Waals surface area contributed by atoms with E-state index in [4.69, 9.17) is 4.74 Å². The maximum absolute atomic E-state index is 12.4. The summed E-state index contributed by atoms with van der Waals surface area (Å²) >= 11 is 0. The fourth-order valence-corrected chi connectivity index (χ4v) is 2.46. The van der Waals surface area contributed by atoms with E-state index < -0.39 is 24.6 Å². The Kier molecular flexibility index (Phi) is 4.41. The van der Waals surface area contributed by atoms with Crippen molar-refractivity contribution in [2.45, 2.75) is 19.1 Å². The second-order valence-electron chi connectivity index (χ2n) is 5.12. The predicted molar refractivity (Wildman–Crippen MR) is 81.1 cm³/mol. The number of para-hydroxylation sites is 2. The van der Waals surface area contributed by atoms with Gasteiger partial charge < -0.3 is 14.8 Å². The second-order valence-corrected chi connectivity index (χ2v) is 5.12. The lowest BCUT2D eigenvalue weighted by molar-refractivity contribution is -0.125. The van der Waals surface area contributed by atoms with Crippen LogP contribution in [0.2, 0.25) is 0 Å². The van der Waals surface area contributed by atoms with E-state index >= 15 is 0 Å². The van der Waals surface area contributed by atoms with Crippen molar-refractivity contribution in [1.82, 2.24) is 0 Å². The van der Waals surface area contributed by atoms with Crippen LogP contribution in [0.25, 0.3) is 0 Å². The van der Waals surface area contributed by atoms with Gasteiger partial charge >= 0.3 is 12.6 Å². The molecule has 124 valence electrons. The average Bonchev–Trinajstić information content (AvgIpc) is 2.56. The summed E-state index contributed by atoms with van der Waals surface area (Å²) in [4.78, 5) is 24.3. The number of fused-ring (bicyclic) bond motifs is 1. The van der Waals surface area contributed by atoms with Crippen molar-refractivity contribution < 1.29 is 27.8 Å². The third-order valence-corrected chi connectivity index (χ3v) is 3.55. The predicted octanol–water partition coefficient (Wildman–Crippen LogP) is 3.01. The Hall–Kier alpha value is -2.96. The van der Waals surface area contributed by atoms with Crippen molar-refractivity contribution in [2.75, 3.05) is 5.32 Å². The minimum absolute atomic E-state index is 0.0812. The molecule has 1 aliphatic rings. The van der Waals surface area contributed by atoms with Gasteiger partial charge in [0, 0.05) is 6.42 Å². The minimum Gasteiger partial charge on any atom is -0.448 e. The molecule has 5 nitrogen and oxygen atoms in total. The van der Waals surface area contributed by atoms with E-state index in [1.54, 1.807) is 30.3 Å². The molecule has 24 heavy (non-hydrogen) atoms. The number of ether oxygens (including phenoxy) is 2. The van der Waals surface area contributed by atoms with E-state index in [1.165, 1.54) is 18.2 Å².